The van der Waals surface area contributed by atoms with Crippen molar-refractivity contribution >= 4 is 0 Å². The summed E-state index contributed by atoms with van der Waals surface area (Å²) in [4.78, 5) is 2.14. The summed E-state index contributed by atoms with van der Waals surface area (Å²) in [6.07, 6.45) is 1.23. The van der Waals surface area contributed by atoms with Crippen LogP contribution in [-0.4, -0.2) is 52.7 Å². The SMILES string of the molecule is CCC[C@@H](O)CN(CCOC)Cc1c(C)nn(-c2ccccc2)c1Oc1cccc(F)c1. The molecule has 1 N–H and O–H groups in total. The molecule has 0 saturated heterocycles. The van der Waals surface area contributed by atoms with E-state index in [4.69, 9.17) is 14.6 Å². The lowest BCUT2D eigenvalue weighted by molar-refractivity contribution is 0.0795. The highest BCUT2D eigenvalue weighted by molar-refractivity contribution is 5.43. The molecule has 0 aliphatic heterocycles. The summed E-state index contributed by atoms with van der Waals surface area (Å²) in [6, 6.07) is 15.8. The predicted octanol–water partition coefficient (Wildman–Crippen LogP) is 4.72. The van der Waals surface area contributed by atoms with Crippen molar-refractivity contribution in [3.05, 3.63) is 71.7 Å². The molecule has 0 spiro atoms. The third kappa shape index (κ3) is 6.38. The molecule has 0 aliphatic carbocycles. The van der Waals surface area contributed by atoms with Gasteiger partial charge in [0.25, 0.3) is 0 Å². The minimum Gasteiger partial charge on any atom is -0.438 e. The van der Waals surface area contributed by atoms with Crippen molar-refractivity contribution in [2.45, 2.75) is 39.3 Å². The lowest BCUT2D eigenvalue weighted by Crippen LogP contribution is -2.34. The van der Waals surface area contributed by atoms with Crippen LogP contribution in [0.5, 0.6) is 11.6 Å². The highest BCUT2D eigenvalue weighted by Gasteiger charge is 2.22. The smallest absolute Gasteiger partial charge is 0.227 e. The number of methoxy groups -OCH3 is 1. The Labute approximate surface area is 189 Å². The van der Waals surface area contributed by atoms with E-state index in [2.05, 4.69) is 11.8 Å². The molecule has 0 aliphatic rings. The minimum atomic E-state index is -0.422. The Morgan fingerprint density at radius 2 is 1.94 bits per heavy atom. The van der Waals surface area contributed by atoms with Gasteiger partial charge in [-0.25, -0.2) is 9.07 Å². The normalized spacial score (nSPS) is 12.3. The van der Waals surface area contributed by atoms with E-state index in [1.807, 2.05) is 37.3 Å². The van der Waals surface area contributed by atoms with Crippen molar-refractivity contribution in [2.24, 2.45) is 0 Å². The number of aryl methyl sites for hydroxylation is 1. The van der Waals surface area contributed by atoms with Crippen molar-refractivity contribution < 1.29 is 19.0 Å². The lowest BCUT2D eigenvalue weighted by atomic mass is 10.1. The van der Waals surface area contributed by atoms with Crippen LogP contribution in [0.15, 0.2) is 54.6 Å². The average Bonchev–Trinajstić information content (AvgIpc) is 3.08. The Balaban J connectivity index is 1.98. The predicted molar refractivity (Wildman–Crippen MR) is 123 cm³/mol. The topological polar surface area (TPSA) is 59.8 Å². The van der Waals surface area contributed by atoms with Crippen LogP contribution < -0.4 is 4.74 Å². The van der Waals surface area contributed by atoms with Crippen LogP contribution in [-0.2, 0) is 11.3 Å². The van der Waals surface area contributed by atoms with Crippen molar-refractivity contribution in [3.63, 3.8) is 0 Å². The molecule has 0 saturated carbocycles. The summed E-state index contributed by atoms with van der Waals surface area (Å²) < 4.78 is 27.0. The summed E-state index contributed by atoms with van der Waals surface area (Å²) in [6.45, 7) is 6.24. The van der Waals surface area contributed by atoms with E-state index in [1.54, 1.807) is 23.9 Å². The first-order chi connectivity index (χ1) is 15.5. The molecule has 3 aromatic rings. The van der Waals surface area contributed by atoms with Gasteiger partial charge in [0.05, 0.1) is 29.7 Å². The standard InChI is InChI=1S/C25H32FN3O3/c1-4-9-22(30)17-28(14-15-31-3)18-24-19(2)27-29(21-11-6-5-7-12-21)25(24)32-23-13-8-10-20(26)16-23/h5-8,10-13,16,22,30H,4,9,14-15,17-18H2,1-3H3/t22-/m1/s1. The van der Waals surface area contributed by atoms with Crippen LogP contribution >= 0.6 is 0 Å². The third-order valence-corrected chi connectivity index (χ3v) is 5.23. The van der Waals surface area contributed by atoms with Crippen LogP contribution in [0.4, 0.5) is 4.39 Å². The van der Waals surface area contributed by atoms with Crippen molar-refractivity contribution in [1.29, 1.82) is 0 Å². The van der Waals surface area contributed by atoms with Gasteiger partial charge in [0.15, 0.2) is 0 Å². The van der Waals surface area contributed by atoms with Gasteiger partial charge in [-0.1, -0.05) is 37.6 Å². The molecule has 1 aromatic heterocycles. The van der Waals surface area contributed by atoms with E-state index < -0.39 is 6.10 Å². The Kier molecular flexibility index (Phi) is 8.79. The second-order valence-electron chi connectivity index (χ2n) is 7.85. The molecule has 7 heteroatoms. The summed E-state index contributed by atoms with van der Waals surface area (Å²) in [5.74, 6) is 0.570. The molecule has 3 rings (SSSR count). The van der Waals surface area contributed by atoms with E-state index in [1.165, 1.54) is 12.1 Å². The summed E-state index contributed by atoms with van der Waals surface area (Å²) >= 11 is 0. The van der Waals surface area contributed by atoms with Gasteiger partial charge in [0.1, 0.15) is 11.6 Å². The summed E-state index contributed by atoms with van der Waals surface area (Å²) in [5, 5.41) is 15.1. The fraction of sp³-hybridized carbons (Fsp3) is 0.400. The largest absolute Gasteiger partial charge is 0.438 e. The molecule has 172 valence electrons. The second-order valence-corrected chi connectivity index (χ2v) is 7.85. The molecular weight excluding hydrogens is 409 g/mol. The molecule has 32 heavy (non-hydrogen) atoms. The van der Waals surface area contributed by atoms with Gasteiger partial charge in [-0.3, -0.25) is 4.90 Å². The summed E-state index contributed by atoms with van der Waals surface area (Å²) in [7, 11) is 1.66. The monoisotopic (exact) mass is 441 g/mol. The Morgan fingerprint density at radius 3 is 2.62 bits per heavy atom. The van der Waals surface area contributed by atoms with E-state index in [-0.39, 0.29) is 5.82 Å². The first kappa shape index (κ1) is 23.9. The zero-order valence-electron chi connectivity index (χ0n) is 19.0. The maximum absolute atomic E-state index is 13.8. The quantitative estimate of drug-likeness (QED) is 0.441. The number of aliphatic hydroxyl groups is 1. The molecule has 0 fully saturated rings. The zero-order valence-corrected chi connectivity index (χ0v) is 19.0. The van der Waals surface area contributed by atoms with E-state index in [0.29, 0.717) is 37.9 Å². The second kappa shape index (κ2) is 11.8. The van der Waals surface area contributed by atoms with Crippen molar-refractivity contribution in [3.8, 4) is 17.3 Å². The number of hydrogen-bond donors (Lipinski definition) is 1. The first-order valence-electron chi connectivity index (χ1n) is 11.0. The fourth-order valence-corrected chi connectivity index (χ4v) is 3.61. The highest BCUT2D eigenvalue weighted by Crippen LogP contribution is 2.32. The van der Waals surface area contributed by atoms with E-state index in [0.717, 1.165) is 29.8 Å². The van der Waals surface area contributed by atoms with Gasteiger partial charge in [0.2, 0.25) is 5.88 Å². The number of halogens is 1. The van der Waals surface area contributed by atoms with Crippen LogP contribution in [0, 0.1) is 12.7 Å². The van der Waals surface area contributed by atoms with Gasteiger partial charge >= 0.3 is 0 Å². The Hall–Kier alpha value is -2.74. The maximum Gasteiger partial charge on any atom is 0.227 e. The number of nitrogens with zero attached hydrogens (tertiary/aromatic N) is 3. The molecule has 0 radical (unpaired) electrons. The van der Waals surface area contributed by atoms with Gasteiger partial charge in [0, 0.05) is 32.8 Å². The number of para-hydroxylation sites is 1. The highest BCUT2D eigenvalue weighted by atomic mass is 19.1. The van der Waals surface area contributed by atoms with E-state index >= 15 is 0 Å². The molecule has 0 unspecified atom stereocenters. The van der Waals surface area contributed by atoms with Crippen LogP contribution in [0.25, 0.3) is 5.69 Å². The molecule has 0 bridgehead atoms. The molecule has 0 amide bonds. The van der Waals surface area contributed by atoms with Gasteiger partial charge in [-0.15, -0.1) is 0 Å². The molecular formula is C25H32FN3O3. The number of rotatable bonds is 12. The zero-order chi connectivity index (χ0) is 22.9. The van der Waals surface area contributed by atoms with E-state index in [9.17, 15) is 9.50 Å². The number of aromatic nitrogens is 2. The lowest BCUT2D eigenvalue weighted by Gasteiger charge is -2.25. The van der Waals surface area contributed by atoms with Gasteiger partial charge in [-0.2, -0.15) is 5.10 Å². The molecule has 1 atom stereocenters. The van der Waals surface area contributed by atoms with Gasteiger partial charge in [-0.05, 0) is 37.6 Å². The average molecular weight is 442 g/mol. The first-order valence-corrected chi connectivity index (χ1v) is 11.0. The Morgan fingerprint density at radius 1 is 1.16 bits per heavy atom. The number of benzene rings is 2. The number of aliphatic hydroxyl groups excluding tert-OH is 1. The van der Waals surface area contributed by atoms with Crippen LogP contribution in [0.2, 0.25) is 0 Å². The third-order valence-electron chi connectivity index (χ3n) is 5.23. The number of hydrogen-bond acceptors (Lipinski definition) is 5. The van der Waals surface area contributed by atoms with Crippen LogP contribution in [0.1, 0.15) is 31.0 Å². The maximum atomic E-state index is 13.8. The van der Waals surface area contributed by atoms with Crippen LogP contribution in [0.3, 0.4) is 0 Å². The van der Waals surface area contributed by atoms with Crippen molar-refractivity contribution in [2.75, 3.05) is 26.8 Å². The Bertz CT molecular complexity index is 978. The van der Waals surface area contributed by atoms with Gasteiger partial charge < -0.3 is 14.6 Å². The number of ether oxygens (including phenoxy) is 2. The minimum absolute atomic E-state index is 0.365. The molecule has 6 nitrogen and oxygen atoms in total. The fourth-order valence-electron chi connectivity index (χ4n) is 3.61. The van der Waals surface area contributed by atoms with Crippen molar-refractivity contribution in [1.82, 2.24) is 14.7 Å². The summed E-state index contributed by atoms with van der Waals surface area (Å²) in [5.41, 5.74) is 2.55. The molecule has 2 aromatic carbocycles. The molecule has 1 heterocycles.